The van der Waals surface area contributed by atoms with Gasteiger partial charge in [-0.2, -0.15) is 0 Å². The van der Waals surface area contributed by atoms with Gasteiger partial charge in [0.25, 0.3) is 0 Å². The van der Waals surface area contributed by atoms with E-state index in [0.717, 1.165) is 100 Å². The maximum absolute atomic E-state index is 7.37. The normalized spacial score (nSPS) is 11.4. The summed E-state index contributed by atoms with van der Waals surface area (Å²) >= 11 is 0. The van der Waals surface area contributed by atoms with Gasteiger partial charge in [0.05, 0.1) is 22.1 Å². The topological polar surface area (TPSA) is 24.6 Å². The lowest BCUT2D eigenvalue weighted by atomic mass is 9.99. The molecule has 0 spiro atoms. The molecule has 4 heteroatoms. The molecule has 0 unspecified atom stereocenters. The second kappa shape index (κ2) is 15.7. The van der Waals surface area contributed by atoms with Gasteiger partial charge in [-0.1, -0.05) is 176 Å². The Balaban J connectivity index is 1.30. The number of hydrogen-bond donors (Lipinski definition) is 0. The highest BCUT2D eigenvalue weighted by Gasteiger charge is 2.34. The number of aromatic nitrogens is 1. The van der Waals surface area contributed by atoms with Crippen molar-refractivity contribution >= 4 is 77.9 Å². The van der Waals surface area contributed by atoms with Gasteiger partial charge in [0.1, 0.15) is 11.3 Å². The Morgan fingerprint density at radius 3 is 1.45 bits per heavy atom. The third-order valence-electron chi connectivity index (χ3n) is 12.3. The highest BCUT2D eigenvalue weighted by molar-refractivity contribution is 6.33. The number of benzene rings is 10. The van der Waals surface area contributed by atoms with Crippen molar-refractivity contribution in [3.8, 4) is 27.9 Å². The van der Waals surface area contributed by atoms with Gasteiger partial charge < -0.3 is 18.8 Å². The molecule has 0 amide bonds. The minimum absolute atomic E-state index is 0.792. The summed E-state index contributed by atoms with van der Waals surface area (Å²) in [5, 5.41) is 4.36. The summed E-state index contributed by atoms with van der Waals surface area (Å²) in [5.41, 5.74) is 15.5. The third-order valence-corrected chi connectivity index (χ3v) is 12.3. The Morgan fingerprint density at radius 2 is 0.797 bits per heavy atom. The largest absolute Gasteiger partial charge is 0.454 e. The average molecular weight is 820 g/mol. The van der Waals surface area contributed by atoms with Crippen molar-refractivity contribution in [2.24, 2.45) is 0 Å². The van der Waals surface area contributed by atoms with Crippen LogP contribution < -0.4 is 9.80 Å². The molecule has 0 radical (unpaired) electrons. The van der Waals surface area contributed by atoms with Gasteiger partial charge in [0, 0.05) is 44.6 Å². The molecular weight excluding hydrogens is 779 g/mol. The molecule has 2 heterocycles. The number of anilines is 6. The maximum atomic E-state index is 7.37. The molecule has 302 valence electrons. The third kappa shape index (κ3) is 6.23. The number of furan rings is 1. The van der Waals surface area contributed by atoms with E-state index in [-0.39, 0.29) is 0 Å². The van der Waals surface area contributed by atoms with Gasteiger partial charge in [-0.15, -0.1) is 0 Å². The van der Waals surface area contributed by atoms with E-state index in [0.29, 0.717) is 0 Å². The van der Waals surface area contributed by atoms with Crippen molar-refractivity contribution < 1.29 is 4.42 Å². The first kappa shape index (κ1) is 37.2. The van der Waals surface area contributed by atoms with Crippen LogP contribution >= 0.6 is 0 Å². The summed E-state index contributed by atoms with van der Waals surface area (Å²) in [6.07, 6.45) is 0. The second-order valence-corrected chi connectivity index (χ2v) is 16.1. The fourth-order valence-electron chi connectivity index (χ4n) is 9.52. The van der Waals surface area contributed by atoms with Gasteiger partial charge in [0.2, 0.25) is 0 Å². The van der Waals surface area contributed by atoms with Gasteiger partial charge in [-0.05, 0) is 95.1 Å². The van der Waals surface area contributed by atoms with Crippen LogP contribution in [0.2, 0.25) is 0 Å². The van der Waals surface area contributed by atoms with Crippen LogP contribution in [0.15, 0.2) is 253 Å². The quantitative estimate of drug-likeness (QED) is 0.136. The van der Waals surface area contributed by atoms with E-state index >= 15 is 0 Å². The van der Waals surface area contributed by atoms with Crippen LogP contribution in [0.25, 0.3) is 71.7 Å². The SMILES string of the molecule is c1ccc(-c2ccc(N(c3ccccc3)c3c(N(c4ccccc4)c4cccc(-c5ccccc5)c4)c4c5ccccc5n(-c5ccccc5)c4c4c3oc3ccccc34)cc2)cc1. The molecule has 4 nitrogen and oxygen atoms in total. The molecule has 64 heavy (non-hydrogen) atoms. The molecule has 0 aliphatic heterocycles. The summed E-state index contributed by atoms with van der Waals surface area (Å²) in [6.45, 7) is 0. The molecule has 10 aromatic carbocycles. The molecule has 0 aliphatic carbocycles. The van der Waals surface area contributed by atoms with Crippen molar-refractivity contribution in [1.29, 1.82) is 0 Å². The first-order valence-electron chi connectivity index (χ1n) is 21.8. The Kier molecular flexibility index (Phi) is 9.12. The average Bonchev–Trinajstić information content (AvgIpc) is 3.93. The standard InChI is InChI=1S/C60H41N3O/c1-6-21-42(22-7-1)44-37-39-49(40-38-44)61(46-26-10-3-11-27-46)59-58(62(47-28-12-4-13-29-47)50-32-20-25-45(41-50)43-23-8-2-9-24-43)55-51-33-16-18-35-53(51)63(48-30-14-5-15-31-48)57(55)56-52-34-17-19-36-54(52)64-60(56)59/h1-41H. The predicted octanol–water partition coefficient (Wildman–Crippen LogP) is 17.0. The van der Waals surface area contributed by atoms with Crippen LogP contribution in [0.1, 0.15) is 0 Å². The van der Waals surface area contributed by atoms with Crippen LogP contribution in [0.4, 0.5) is 34.1 Å². The number of nitrogens with zero attached hydrogens (tertiary/aromatic N) is 3. The maximum Gasteiger partial charge on any atom is 0.163 e. The van der Waals surface area contributed by atoms with Gasteiger partial charge >= 0.3 is 0 Å². The van der Waals surface area contributed by atoms with E-state index in [1.165, 1.54) is 5.56 Å². The molecule has 2 aromatic heterocycles. The summed E-state index contributed by atoms with van der Waals surface area (Å²) in [7, 11) is 0. The molecule has 0 bridgehead atoms. The van der Waals surface area contributed by atoms with Crippen molar-refractivity contribution in [1.82, 2.24) is 4.57 Å². The van der Waals surface area contributed by atoms with Crippen LogP contribution in [-0.2, 0) is 0 Å². The van der Waals surface area contributed by atoms with Crippen molar-refractivity contribution in [3.05, 3.63) is 249 Å². The highest BCUT2D eigenvalue weighted by Crippen LogP contribution is 2.57. The fourth-order valence-corrected chi connectivity index (χ4v) is 9.52. The van der Waals surface area contributed by atoms with Gasteiger partial charge in [-0.3, -0.25) is 0 Å². The van der Waals surface area contributed by atoms with E-state index < -0.39 is 0 Å². The van der Waals surface area contributed by atoms with E-state index in [2.05, 4.69) is 263 Å². The van der Waals surface area contributed by atoms with E-state index in [9.17, 15) is 0 Å². The summed E-state index contributed by atoms with van der Waals surface area (Å²) in [5.74, 6) is 0. The zero-order chi connectivity index (χ0) is 42.4. The van der Waals surface area contributed by atoms with Crippen LogP contribution in [0.5, 0.6) is 0 Å². The number of rotatable bonds is 9. The van der Waals surface area contributed by atoms with E-state index in [1.54, 1.807) is 0 Å². The Hall–Kier alpha value is -8.60. The molecule has 0 fully saturated rings. The van der Waals surface area contributed by atoms with E-state index in [4.69, 9.17) is 4.42 Å². The highest BCUT2D eigenvalue weighted by atomic mass is 16.3. The summed E-state index contributed by atoms with van der Waals surface area (Å²) in [4.78, 5) is 4.85. The zero-order valence-electron chi connectivity index (χ0n) is 34.9. The summed E-state index contributed by atoms with van der Waals surface area (Å²) < 4.78 is 9.81. The monoisotopic (exact) mass is 819 g/mol. The van der Waals surface area contributed by atoms with Gasteiger partial charge in [-0.25, -0.2) is 0 Å². The molecule has 0 saturated heterocycles. The van der Waals surface area contributed by atoms with Gasteiger partial charge in [0.15, 0.2) is 5.58 Å². The number of hydrogen-bond acceptors (Lipinski definition) is 3. The fraction of sp³-hybridized carbons (Fsp3) is 0. The lowest BCUT2D eigenvalue weighted by Crippen LogP contribution is -2.18. The van der Waals surface area contributed by atoms with Crippen molar-refractivity contribution in [3.63, 3.8) is 0 Å². The van der Waals surface area contributed by atoms with E-state index in [1.807, 2.05) is 0 Å². The zero-order valence-corrected chi connectivity index (χ0v) is 34.9. The Morgan fingerprint density at radius 1 is 0.328 bits per heavy atom. The lowest BCUT2D eigenvalue weighted by Gasteiger charge is -2.34. The molecule has 0 saturated carbocycles. The van der Waals surface area contributed by atoms with Crippen LogP contribution in [0.3, 0.4) is 0 Å². The Labute approximate surface area is 371 Å². The minimum Gasteiger partial charge on any atom is -0.454 e. The van der Waals surface area contributed by atoms with Crippen LogP contribution in [-0.4, -0.2) is 4.57 Å². The lowest BCUT2D eigenvalue weighted by molar-refractivity contribution is 0.669. The smallest absolute Gasteiger partial charge is 0.163 e. The number of para-hydroxylation sites is 5. The first-order chi connectivity index (χ1) is 31.8. The molecule has 12 aromatic rings. The summed E-state index contributed by atoms with van der Waals surface area (Å²) in [6, 6.07) is 88.7. The predicted molar refractivity (Wildman–Crippen MR) is 268 cm³/mol. The minimum atomic E-state index is 0.792. The number of fused-ring (bicyclic) bond motifs is 7. The molecule has 0 atom stereocenters. The Bertz CT molecular complexity index is 3580. The molecule has 12 rings (SSSR count). The molecule has 0 N–H and O–H groups in total. The molecule has 0 aliphatic rings. The van der Waals surface area contributed by atoms with Crippen molar-refractivity contribution in [2.75, 3.05) is 9.80 Å². The second-order valence-electron chi connectivity index (χ2n) is 16.1. The first-order valence-corrected chi connectivity index (χ1v) is 21.8. The molecular formula is C60H41N3O. The van der Waals surface area contributed by atoms with Crippen molar-refractivity contribution in [2.45, 2.75) is 0 Å². The van der Waals surface area contributed by atoms with Crippen LogP contribution in [0, 0.1) is 0 Å².